The maximum absolute atomic E-state index is 13.8. The zero-order chi connectivity index (χ0) is 68.4. The van der Waals surface area contributed by atoms with E-state index < -0.39 is 48.7 Å². The number of hydrogen-bond donors (Lipinski definition) is 7. The zero-order valence-corrected chi connectivity index (χ0v) is 53.3. The summed E-state index contributed by atoms with van der Waals surface area (Å²) in [6, 6.07) is 19.1. The van der Waals surface area contributed by atoms with Gasteiger partial charge in [-0.3, -0.25) is 29.4 Å². The van der Waals surface area contributed by atoms with Crippen molar-refractivity contribution in [2.24, 2.45) is 11.8 Å². The van der Waals surface area contributed by atoms with Crippen LogP contribution in [0.1, 0.15) is 79.4 Å². The average Bonchev–Trinajstić information content (AvgIpc) is 1.69. The Morgan fingerprint density at radius 3 is 1.90 bits per heavy atom. The fourth-order valence-electron chi connectivity index (χ4n) is 12.3. The van der Waals surface area contributed by atoms with Gasteiger partial charge < -0.3 is 88.5 Å². The van der Waals surface area contributed by atoms with Crippen LogP contribution in [-0.2, 0) is 53.1 Å². The number of hydrogen-bond acceptors (Lipinski definition) is 19. The highest BCUT2D eigenvalue weighted by atomic mass is 16.7. The van der Waals surface area contributed by atoms with Crippen molar-refractivity contribution in [3.63, 3.8) is 0 Å². The molecule has 28 nitrogen and oxygen atoms in total. The summed E-state index contributed by atoms with van der Waals surface area (Å²) >= 11 is 0. The van der Waals surface area contributed by atoms with E-state index in [9.17, 15) is 59.6 Å². The van der Waals surface area contributed by atoms with Crippen LogP contribution in [0.5, 0.6) is 34.5 Å². The molecule has 7 atom stereocenters. The Hall–Kier alpha value is -10.7. The molecule has 2 aliphatic carbocycles. The van der Waals surface area contributed by atoms with Gasteiger partial charge >= 0.3 is 12.1 Å². The normalized spacial score (nSPS) is 20.8. The molecule has 0 bridgehead atoms. The molecule has 6 heterocycles. The number of imide groups is 1. The number of nitrogens with one attached hydrogen (secondary N) is 3. The Bertz CT molecular complexity index is 4050. The maximum atomic E-state index is 13.8. The van der Waals surface area contributed by atoms with Gasteiger partial charge in [-0.2, -0.15) is 9.48 Å². The monoisotopic (exact) mass is 1330 g/mol. The molecular formula is C69H74N8O20. The molecule has 0 saturated carbocycles. The summed E-state index contributed by atoms with van der Waals surface area (Å²) in [6.07, 6.45) is 9.04. The molecule has 2 unspecified atom stereocenters. The van der Waals surface area contributed by atoms with Crippen LogP contribution in [0.2, 0.25) is 0 Å². The van der Waals surface area contributed by atoms with E-state index in [0.29, 0.717) is 109 Å². The quantitative estimate of drug-likeness (QED) is 0.0138. The number of aliphatic hydroxyl groups is 3. The molecule has 0 radical (unpaired) electrons. The Labute approximate surface area is 556 Å². The number of aromatic nitrogens is 2. The summed E-state index contributed by atoms with van der Waals surface area (Å²) in [7, 11) is 4.69. The van der Waals surface area contributed by atoms with E-state index in [4.69, 9.17) is 37.9 Å². The minimum atomic E-state index is -2.00. The number of allylic oxidation sites excluding steroid dienone is 8. The predicted octanol–water partition coefficient (Wildman–Crippen LogP) is 5.97. The van der Waals surface area contributed by atoms with Crippen molar-refractivity contribution in [2.45, 2.75) is 102 Å². The second-order valence-electron chi connectivity index (χ2n) is 23.8. The van der Waals surface area contributed by atoms with Crippen LogP contribution >= 0.6 is 0 Å². The maximum Gasteiger partial charge on any atom is 0.411 e. The smallest absolute Gasteiger partial charge is 0.411 e. The van der Waals surface area contributed by atoms with Crippen LogP contribution in [0.3, 0.4) is 0 Å². The van der Waals surface area contributed by atoms with Crippen LogP contribution in [0.4, 0.5) is 16.2 Å². The Morgan fingerprint density at radius 1 is 0.660 bits per heavy atom. The molecule has 28 heteroatoms. The highest BCUT2D eigenvalue weighted by Crippen LogP contribution is 2.42. The van der Waals surface area contributed by atoms with Crippen LogP contribution in [-0.4, -0.2) is 170 Å². The summed E-state index contributed by atoms with van der Waals surface area (Å²) in [6.45, 7) is 1.24. The first-order valence-electron chi connectivity index (χ1n) is 31.6. The summed E-state index contributed by atoms with van der Waals surface area (Å²) in [5, 5.41) is 76.4. The number of nitrogens with zero attached hydrogens (tertiary/aromatic N) is 5. The number of hydroxylamine groups is 2. The average molecular weight is 1340 g/mol. The minimum Gasteiger partial charge on any atom is -0.618 e. The number of amides is 5. The molecule has 0 spiro atoms. The number of rotatable bonds is 27. The van der Waals surface area contributed by atoms with Crippen molar-refractivity contribution in [3.05, 3.63) is 165 Å². The summed E-state index contributed by atoms with van der Waals surface area (Å²) in [5.74, 6) is -1.36. The fourth-order valence-corrected chi connectivity index (χ4v) is 12.3. The van der Waals surface area contributed by atoms with Crippen LogP contribution in [0, 0.1) is 22.3 Å². The summed E-state index contributed by atoms with van der Waals surface area (Å²) in [4.78, 5) is 75.8. The molecule has 1 fully saturated rings. The molecule has 3 aromatic carbocycles. The molecule has 4 aliphatic heterocycles. The number of anilines is 2. The molecule has 2 aromatic heterocycles. The van der Waals surface area contributed by atoms with Crippen molar-refractivity contribution in [3.8, 4) is 34.5 Å². The fraction of sp³-hybridized carbons (Fsp3) is 0.362. The van der Waals surface area contributed by atoms with E-state index in [1.54, 1.807) is 38.5 Å². The third-order valence-corrected chi connectivity index (χ3v) is 17.3. The molecule has 6 aliphatic rings. The van der Waals surface area contributed by atoms with E-state index in [0.717, 1.165) is 42.4 Å². The van der Waals surface area contributed by atoms with Gasteiger partial charge in [0.15, 0.2) is 51.9 Å². The van der Waals surface area contributed by atoms with E-state index in [2.05, 4.69) is 16.0 Å². The van der Waals surface area contributed by atoms with Crippen molar-refractivity contribution >= 4 is 70.6 Å². The first-order valence-corrected chi connectivity index (χ1v) is 31.6. The third-order valence-electron chi connectivity index (χ3n) is 17.3. The Balaban J connectivity index is 0.672. The van der Waals surface area contributed by atoms with Crippen molar-refractivity contribution < 1.29 is 96.6 Å². The molecule has 7 N–H and O–H groups in total. The molecule has 97 heavy (non-hydrogen) atoms. The van der Waals surface area contributed by atoms with Crippen molar-refractivity contribution in [2.75, 3.05) is 58.3 Å². The SMILES string of the molecule is COc1ccc(C2=CC=C3C(C2)Cn2cc(OCCCOc4cn5c(c4OC)C=[N+]([O-])C4=CC=C(c6cccc(NC(=O)OCc7ccc(O[C@@H]8O[C@H](C(=O)O)[C@@H](O)[C@H](O)[C@H]8O)c(NC(=O)CCNC(=O)CCCCCN8C(=O)C=CC8=O)c7)c6)CC4C5)c(OC)c2C=[N+]3[O-])cc1. The lowest BCUT2D eigenvalue weighted by Gasteiger charge is -2.38. The number of carbonyl (C=O) groups excluding carboxylic acids is 5. The van der Waals surface area contributed by atoms with Crippen molar-refractivity contribution in [1.29, 1.82) is 0 Å². The van der Waals surface area contributed by atoms with Gasteiger partial charge in [0.2, 0.25) is 30.5 Å². The lowest BCUT2D eigenvalue weighted by molar-refractivity contribution is -0.404. The van der Waals surface area contributed by atoms with Gasteiger partial charge in [-0.25, -0.2) is 9.59 Å². The van der Waals surface area contributed by atoms with Gasteiger partial charge in [-0.1, -0.05) is 48.9 Å². The van der Waals surface area contributed by atoms with Crippen molar-refractivity contribution in [1.82, 2.24) is 19.4 Å². The van der Waals surface area contributed by atoms with E-state index >= 15 is 0 Å². The molecule has 5 amide bonds. The first kappa shape index (κ1) is 67.7. The number of benzene rings is 3. The molecular weight excluding hydrogens is 1260 g/mol. The molecule has 1 saturated heterocycles. The first-order chi connectivity index (χ1) is 46.9. The number of carboxylic acids is 1. The van der Waals surface area contributed by atoms with Gasteiger partial charge in [0.25, 0.3) is 11.8 Å². The van der Waals surface area contributed by atoms with Gasteiger partial charge in [0.1, 0.15) is 36.4 Å². The lowest BCUT2D eigenvalue weighted by atomic mass is 9.87. The summed E-state index contributed by atoms with van der Waals surface area (Å²) < 4.78 is 51.9. The number of aliphatic carboxylic acids is 1. The number of methoxy groups -OCH3 is 3. The topological polar surface area (TPSA) is 359 Å². The lowest BCUT2D eigenvalue weighted by Crippen LogP contribution is -2.61. The van der Waals surface area contributed by atoms with Crippen LogP contribution < -0.4 is 44.4 Å². The third kappa shape index (κ3) is 15.7. The van der Waals surface area contributed by atoms with E-state index in [1.165, 1.54) is 49.9 Å². The van der Waals surface area contributed by atoms with Crippen LogP contribution in [0.25, 0.3) is 11.1 Å². The Morgan fingerprint density at radius 2 is 1.29 bits per heavy atom. The number of fused-ring (bicyclic) bond motifs is 4. The van der Waals surface area contributed by atoms with Gasteiger partial charge in [0, 0.05) is 75.4 Å². The van der Waals surface area contributed by atoms with Gasteiger partial charge in [-0.15, -0.1) is 0 Å². The molecule has 11 rings (SSSR count). The predicted molar refractivity (Wildman–Crippen MR) is 349 cm³/mol. The number of aliphatic hydroxyl groups excluding tert-OH is 3. The number of carboxylic acid groups (broad SMARTS) is 1. The standard InChI is InChI=1S/C69H74N8O20/c1-90-48-17-13-41(14-18-48)43-15-19-50-45(30-43)33-73-37-55(64(91-2)52(73)35-76(50)88)93-27-8-28-94-56-38-74-34-46-31-44(16-20-51(46)77(89)36-53(74)65(56)92-3)42-9-7-10-47(32-42)71-69(87)95-39-40-12-21-54(96-68-63(84)61(82)62(83)66(97-68)67(85)86)49(29-40)72-58(79)24-25-70-57(78)11-5-4-6-26-75-59(80)22-23-60(75)81/h7,9-10,12-23,29,32,35-38,45-46,61-63,66,68,82-84H,4-6,8,11,24-28,30-31,33-34,39H2,1-3H3,(H,70,78)(H,71,87)(H,72,79)(H,85,86)/t45?,46?,61-,62-,63+,66-,68+/m0/s1. The van der Waals surface area contributed by atoms with Crippen LogP contribution in [0.15, 0.2) is 127 Å². The number of carbonyl (C=O) groups is 6. The number of ether oxygens (including phenoxy) is 8. The highest BCUT2D eigenvalue weighted by Gasteiger charge is 2.48. The summed E-state index contributed by atoms with van der Waals surface area (Å²) in [5.41, 5.74) is 6.82. The molecule has 5 aromatic rings. The largest absolute Gasteiger partial charge is 0.618 e. The second kappa shape index (κ2) is 30.4. The Kier molecular flexibility index (Phi) is 21.2. The highest BCUT2D eigenvalue weighted by molar-refractivity contribution is 6.12. The van der Waals surface area contributed by atoms with E-state index in [1.807, 2.05) is 70.1 Å². The van der Waals surface area contributed by atoms with Gasteiger partial charge in [-0.05, 0) is 89.9 Å². The van der Waals surface area contributed by atoms with Gasteiger partial charge in [0.05, 0.1) is 64.5 Å². The number of unbranched alkanes of at least 4 members (excludes halogenated alkanes) is 2. The second-order valence-corrected chi connectivity index (χ2v) is 23.8. The van der Waals surface area contributed by atoms with E-state index in [-0.39, 0.29) is 86.7 Å². The molecule has 510 valence electrons. The zero-order valence-electron chi connectivity index (χ0n) is 53.3. The minimum absolute atomic E-state index is 0.0541.